The van der Waals surface area contributed by atoms with Gasteiger partial charge in [0.1, 0.15) is 5.82 Å². The average molecular weight is 357 g/mol. The monoisotopic (exact) mass is 356 g/mol. The molecule has 1 amide bonds. The van der Waals surface area contributed by atoms with Gasteiger partial charge in [0.2, 0.25) is 5.91 Å². The normalized spacial score (nSPS) is 12.3. The van der Waals surface area contributed by atoms with E-state index in [-0.39, 0.29) is 11.8 Å². The Kier molecular flexibility index (Phi) is 5.06. The Balaban J connectivity index is 1.90. The molecule has 0 spiro atoms. The van der Waals surface area contributed by atoms with Crippen molar-refractivity contribution in [2.45, 2.75) is 20.4 Å². The number of benzene rings is 2. The molecule has 2 aromatic carbocycles. The molecule has 3 rings (SSSR count). The Bertz CT molecular complexity index is 919. The van der Waals surface area contributed by atoms with Crippen molar-refractivity contribution < 1.29 is 4.79 Å². The Labute approximate surface area is 151 Å². The van der Waals surface area contributed by atoms with Crippen LogP contribution in [0.4, 0.5) is 5.69 Å². The van der Waals surface area contributed by atoms with Crippen LogP contribution in [0.1, 0.15) is 18.3 Å². The lowest BCUT2D eigenvalue weighted by molar-refractivity contribution is -0.119. The van der Waals surface area contributed by atoms with Gasteiger partial charge in [0.25, 0.3) is 0 Å². The molecular weight excluding hydrogens is 336 g/mol. The SMILES string of the molecule is Cc1nc2ccccc2n1Cc1cc(NC(=O)C(C)CN)ccc1Cl. The number of hydrogen-bond acceptors (Lipinski definition) is 3. The lowest BCUT2D eigenvalue weighted by atomic mass is 10.1. The fraction of sp³-hybridized carbons (Fsp3) is 0.263. The number of carbonyl (C=O) groups is 1. The van der Waals surface area contributed by atoms with Gasteiger partial charge in [-0.1, -0.05) is 30.7 Å². The molecule has 0 aliphatic heterocycles. The van der Waals surface area contributed by atoms with Crippen LogP contribution in [0.15, 0.2) is 42.5 Å². The molecule has 3 aromatic rings. The van der Waals surface area contributed by atoms with Gasteiger partial charge < -0.3 is 15.6 Å². The number of aromatic nitrogens is 2. The van der Waals surface area contributed by atoms with Gasteiger partial charge in [-0.15, -0.1) is 0 Å². The van der Waals surface area contributed by atoms with E-state index >= 15 is 0 Å². The van der Waals surface area contributed by atoms with Crippen molar-refractivity contribution in [2.75, 3.05) is 11.9 Å². The Hall–Kier alpha value is -2.37. The van der Waals surface area contributed by atoms with E-state index in [1.165, 1.54) is 0 Å². The maximum Gasteiger partial charge on any atom is 0.228 e. The summed E-state index contributed by atoms with van der Waals surface area (Å²) in [4.78, 5) is 16.6. The second kappa shape index (κ2) is 7.25. The van der Waals surface area contributed by atoms with Gasteiger partial charge in [0.05, 0.1) is 17.6 Å². The van der Waals surface area contributed by atoms with Gasteiger partial charge >= 0.3 is 0 Å². The third-order valence-corrected chi connectivity index (χ3v) is 4.66. The summed E-state index contributed by atoms with van der Waals surface area (Å²) in [5, 5.41) is 3.54. The molecule has 0 saturated carbocycles. The first-order valence-electron chi connectivity index (χ1n) is 8.21. The van der Waals surface area contributed by atoms with E-state index in [2.05, 4.69) is 14.9 Å². The number of anilines is 1. The number of aryl methyl sites for hydroxylation is 1. The summed E-state index contributed by atoms with van der Waals surface area (Å²) in [6.07, 6.45) is 0. The maximum absolute atomic E-state index is 12.0. The Morgan fingerprint density at radius 3 is 2.84 bits per heavy atom. The van der Waals surface area contributed by atoms with Crippen LogP contribution in [-0.2, 0) is 11.3 Å². The number of imidazole rings is 1. The molecule has 0 bridgehead atoms. The molecule has 1 unspecified atom stereocenters. The van der Waals surface area contributed by atoms with Crippen LogP contribution >= 0.6 is 11.6 Å². The summed E-state index contributed by atoms with van der Waals surface area (Å²) in [5.74, 6) is 0.586. The molecule has 0 aliphatic carbocycles. The van der Waals surface area contributed by atoms with Gasteiger partial charge in [-0.05, 0) is 42.8 Å². The highest BCUT2D eigenvalue weighted by Crippen LogP contribution is 2.24. The van der Waals surface area contributed by atoms with E-state index in [4.69, 9.17) is 17.3 Å². The predicted octanol–water partition coefficient (Wildman–Crippen LogP) is 3.58. The molecule has 3 N–H and O–H groups in total. The lowest BCUT2D eigenvalue weighted by Gasteiger charge is -2.13. The molecule has 6 heteroatoms. The van der Waals surface area contributed by atoms with Crippen molar-refractivity contribution in [3.05, 3.63) is 58.9 Å². The molecule has 130 valence electrons. The molecule has 0 aliphatic rings. The quantitative estimate of drug-likeness (QED) is 0.733. The number of nitrogens with one attached hydrogen (secondary N) is 1. The highest BCUT2D eigenvalue weighted by atomic mass is 35.5. The van der Waals surface area contributed by atoms with E-state index in [1.807, 2.05) is 37.3 Å². The minimum atomic E-state index is -0.237. The Morgan fingerprint density at radius 2 is 2.08 bits per heavy atom. The number of amides is 1. The van der Waals surface area contributed by atoms with Crippen LogP contribution in [-0.4, -0.2) is 22.0 Å². The van der Waals surface area contributed by atoms with Crippen molar-refractivity contribution in [2.24, 2.45) is 11.7 Å². The topological polar surface area (TPSA) is 72.9 Å². The second-order valence-electron chi connectivity index (χ2n) is 6.17. The van der Waals surface area contributed by atoms with Crippen molar-refractivity contribution in [1.82, 2.24) is 9.55 Å². The summed E-state index contributed by atoms with van der Waals surface area (Å²) in [6, 6.07) is 13.5. The zero-order chi connectivity index (χ0) is 18.0. The summed E-state index contributed by atoms with van der Waals surface area (Å²) < 4.78 is 2.12. The fourth-order valence-corrected chi connectivity index (χ4v) is 2.89. The molecule has 5 nitrogen and oxygen atoms in total. The number of rotatable bonds is 5. The number of nitrogens with two attached hydrogens (primary N) is 1. The standard InChI is InChI=1S/C19H21ClN4O/c1-12(10-21)19(25)23-15-7-8-16(20)14(9-15)11-24-13(2)22-17-5-3-4-6-18(17)24/h3-9,12H,10-11,21H2,1-2H3,(H,23,25). The van der Waals surface area contributed by atoms with Gasteiger partial charge in [0, 0.05) is 23.2 Å². The van der Waals surface area contributed by atoms with Crippen LogP contribution < -0.4 is 11.1 Å². The molecule has 25 heavy (non-hydrogen) atoms. The van der Waals surface area contributed by atoms with Crippen LogP contribution in [0.3, 0.4) is 0 Å². The summed E-state index contributed by atoms with van der Waals surface area (Å²) in [7, 11) is 0. The van der Waals surface area contributed by atoms with Crippen LogP contribution in [0.2, 0.25) is 5.02 Å². The molecular formula is C19H21ClN4O. The smallest absolute Gasteiger partial charge is 0.228 e. The van der Waals surface area contributed by atoms with E-state index in [1.54, 1.807) is 19.1 Å². The van der Waals surface area contributed by atoms with Crippen molar-refractivity contribution in [1.29, 1.82) is 0 Å². The lowest BCUT2D eigenvalue weighted by Crippen LogP contribution is -2.26. The number of nitrogens with zero attached hydrogens (tertiary/aromatic N) is 2. The molecule has 0 radical (unpaired) electrons. The van der Waals surface area contributed by atoms with Gasteiger partial charge in [0.15, 0.2) is 0 Å². The first kappa shape index (κ1) is 17.5. The number of carbonyl (C=O) groups excluding carboxylic acids is 1. The van der Waals surface area contributed by atoms with Gasteiger partial charge in [-0.2, -0.15) is 0 Å². The van der Waals surface area contributed by atoms with Crippen LogP contribution in [0.5, 0.6) is 0 Å². The molecule has 1 atom stereocenters. The minimum Gasteiger partial charge on any atom is -0.330 e. The molecule has 1 aromatic heterocycles. The highest BCUT2D eigenvalue weighted by molar-refractivity contribution is 6.31. The molecule has 1 heterocycles. The summed E-state index contributed by atoms with van der Waals surface area (Å²) in [6.45, 7) is 4.67. The third kappa shape index (κ3) is 3.67. The highest BCUT2D eigenvalue weighted by Gasteiger charge is 2.13. The van der Waals surface area contributed by atoms with E-state index in [0.29, 0.717) is 23.8 Å². The van der Waals surface area contributed by atoms with Crippen molar-refractivity contribution in [3.63, 3.8) is 0 Å². The largest absolute Gasteiger partial charge is 0.330 e. The van der Waals surface area contributed by atoms with Crippen LogP contribution in [0.25, 0.3) is 11.0 Å². The van der Waals surface area contributed by atoms with Crippen molar-refractivity contribution >= 4 is 34.2 Å². The number of hydrogen-bond donors (Lipinski definition) is 2. The zero-order valence-corrected chi connectivity index (χ0v) is 15.0. The average Bonchev–Trinajstić information content (AvgIpc) is 2.92. The van der Waals surface area contributed by atoms with Gasteiger partial charge in [-0.3, -0.25) is 4.79 Å². The van der Waals surface area contributed by atoms with E-state index in [0.717, 1.165) is 22.4 Å². The first-order chi connectivity index (χ1) is 12.0. The number of fused-ring (bicyclic) bond motifs is 1. The summed E-state index contributed by atoms with van der Waals surface area (Å²) >= 11 is 6.38. The number of para-hydroxylation sites is 2. The first-order valence-corrected chi connectivity index (χ1v) is 8.58. The number of halogens is 1. The van der Waals surface area contributed by atoms with Crippen LogP contribution in [0, 0.1) is 12.8 Å². The zero-order valence-electron chi connectivity index (χ0n) is 14.3. The van der Waals surface area contributed by atoms with Gasteiger partial charge in [-0.25, -0.2) is 4.98 Å². The molecule has 0 fully saturated rings. The minimum absolute atomic E-state index is 0.0972. The van der Waals surface area contributed by atoms with E-state index in [9.17, 15) is 4.79 Å². The Morgan fingerprint density at radius 1 is 1.32 bits per heavy atom. The second-order valence-corrected chi connectivity index (χ2v) is 6.57. The van der Waals surface area contributed by atoms with Crippen molar-refractivity contribution in [3.8, 4) is 0 Å². The third-order valence-electron chi connectivity index (χ3n) is 4.29. The predicted molar refractivity (Wildman–Crippen MR) is 102 cm³/mol. The summed E-state index contributed by atoms with van der Waals surface area (Å²) in [5.41, 5.74) is 9.20. The molecule has 0 saturated heterocycles. The van der Waals surface area contributed by atoms with E-state index < -0.39 is 0 Å². The fourth-order valence-electron chi connectivity index (χ4n) is 2.71. The maximum atomic E-state index is 12.0.